The predicted molar refractivity (Wildman–Crippen MR) is 114 cm³/mol. The van der Waals surface area contributed by atoms with Crippen molar-refractivity contribution in [3.63, 3.8) is 0 Å². The van der Waals surface area contributed by atoms with Crippen molar-refractivity contribution in [2.75, 3.05) is 18.5 Å². The fourth-order valence-electron chi connectivity index (χ4n) is 3.67. The third kappa shape index (κ3) is 4.58. The Morgan fingerprint density at radius 3 is 2.74 bits per heavy atom. The number of hydrogen-bond acceptors (Lipinski definition) is 4. The molecule has 0 bridgehead atoms. The minimum absolute atomic E-state index is 0.0964. The second-order valence-electron chi connectivity index (χ2n) is 7.24. The van der Waals surface area contributed by atoms with Gasteiger partial charge < -0.3 is 15.4 Å². The molecule has 0 saturated heterocycles. The Morgan fingerprint density at radius 2 is 1.97 bits per heavy atom. The van der Waals surface area contributed by atoms with Crippen LogP contribution in [0.4, 0.5) is 10.1 Å². The molecule has 160 valence electrons. The van der Waals surface area contributed by atoms with Crippen molar-refractivity contribution in [2.45, 2.75) is 26.2 Å². The van der Waals surface area contributed by atoms with E-state index in [1.54, 1.807) is 41.1 Å². The third-order valence-corrected chi connectivity index (χ3v) is 5.05. The van der Waals surface area contributed by atoms with Crippen LogP contribution in [0.5, 0.6) is 5.75 Å². The van der Waals surface area contributed by atoms with Crippen LogP contribution >= 0.6 is 0 Å². The first-order chi connectivity index (χ1) is 15.0. The van der Waals surface area contributed by atoms with Gasteiger partial charge in [0.05, 0.1) is 5.69 Å². The highest BCUT2D eigenvalue weighted by Gasteiger charge is 2.27. The van der Waals surface area contributed by atoms with E-state index in [4.69, 9.17) is 4.74 Å². The Labute approximate surface area is 179 Å². The molecule has 1 aromatic heterocycles. The molecule has 4 rings (SSSR count). The maximum absolute atomic E-state index is 13.3. The summed E-state index contributed by atoms with van der Waals surface area (Å²) in [6, 6.07) is 12.9. The summed E-state index contributed by atoms with van der Waals surface area (Å²) in [7, 11) is 0. The summed E-state index contributed by atoms with van der Waals surface area (Å²) in [5.41, 5.74) is 3.53. The van der Waals surface area contributed by atoms with Gasteiger partial charge in [-0.1, -0.05) is 6.07 Å². The van der Waals surface area contributed by atoms with Crippen molar-refractivity contribution >= 4 is 17.5 Å². The molecule has 2 aromatic carbocycles. The molecule has 1 heterocycles. The van der Waals surface area contributed by atoms with Crippen LogP contribution in [0.1, 0.15) is 35.1 Å². The first kappa shape index (κ1) is 20.6. The van der Waals surface area contributed by atoms with Crippen LogP contribution in [0, 0.1) is 5.82 Å². The van der Waals surface area contributed by atoms with Gasteiger partial charge in [-0.25, -0.2) is 9.07 Å². The van der Waals surface area contributed by atoms with Crippen molar-refractivity contribution < 1.29 is 18.7 Å². The SMILES string of the molecule is CCNC(=O)COc1cccc(NC(=O)c2nn(-c3ccc(F)cc3)c3c2CCC3)c1. The number of amides is 2. The number of aromatic nitrogens is 2. The number of rotatable bonds is 7. The number of carbonyl (C=O) groups excluding carboxylic acids is 2. The van der Waals surface area contributed by atoms with E-state index < -0.39 is 0 Å². The maximum Gasteiger partial charge on any atom is 0.276 e. The number of nitrogens with zero attached hydrogens (tertiary/aromatic N) is 2. The van der Waals surface area contributed by atoms with Gasteiger partial charge in [0.1, 0.15) is 11.6 Å². The summed E-state index contributed by atoms with van der Waals surface area (Å²) < 4.78 is 20.5. The third-order valence-electron chi connectivity index (χ3n) is 5.05. The van der Waals surface area contributed by atoms with E-state index in [1.807, 2.05) is 6.92 Å². The molecule has 2 amide bonds. The van der Waals surface area contributed by atoms with Crippen LogP contribution in [0.25, 0.3) is 5.69 Å². The molecule has 3 aromatic rings. The molecular formula is C23H23FN4O3. The van der Waals surface area contributed by atoms with Crippen LogP contribution in [0.15, 0.2) is 48.5 Å². The molecule has 1 aliphatic carbocycles. The maximum atomic E-state index is 13.3. The zero-order valence-electron chi connectivity index (χ0n) is 17.2. The number of benzene rings is 2. The molecular weight excluding hydrogens is 399 g/mol. The number of fused-ring (bicyclic) bond motifs is 1. The van der Waals surface area contributed by atoms with E-state index >= 15 is 0 Å². The van der Waals surface area contributed by atoms with Crippen LogP contribution in [-0.4, -0.2) is 34.7 Å². The largest absolute Gasteiger partial charge is 0.484 e. The highest BCUT2D eigenvalue weighted by molar-refractivity contribution is 6.04. The number of hydrogen-bond donors (Lipinski definition) is 2. The number of anilines is 1. The summed E-state index contributed by atoms with van der Waals surface area (Å²) in [5.74, 6) is -0.371. The van der Waals surface area contributed by atoms with Crippen LogP contribution in [0.2, 0.25) is 0 Å². The molecule has 0 radical (unpaired) electrons. The van der Waals surface area contributed by atoms with Crippen LogP contribution in [-0.2, 0) is 17.6 Å². The number of halogens is 1. The minimum atomic E-state index is -0.320. The molecule has 0 aliphatic heterocycles. The number of carbonyl (C=O) groups is 2. The van der Waals surface area contributed by atoms with Gasteiger partial charge in [-0.05, 0) is 62.6 Å². The molecule has 8 heteroatoms. The van der Waals surface area contributed by atoms with Gasteiger partial charge in [0.15, 0.2) is 12.3 Å². The van der Waals surface area contributed by atoms with Crippen LogP contribution < -0.4 is 15.4 Å². The van der Waals surface area contributed by atoms with Gasteiger partial charge in [-0.2, -0.15) is 5.10 Å². The van der Waals surface area contributed by atoms with E-state index in [9.17, 15) is 14.0 Å². The molecule has 2 N–H and O–H groups in total. The van der Waals surface area contributed by atoms with Gasteiger partial charge in [-0.15, -0.1) is 0 Å². The zero-order valence-corrected chi connectivity index (χ0v) is 17.2. The van der Waals surface area contributed by atoms with E-state index in [0.29, 0.717) is 23.7 Å². The first-order valence-electron chi connectivity index (χ1n) is 10.2. The number of likely N-dealkylation sites (N-methyl/N-ethyl adjacent to an activating group) is 1. The summed E-state index contributed by atoms with van der Waals surface area (Å²) >= 11 is 0. The lowest BCUT2D eigenvalue weighted by molar-refractivity contribution is -0.122. The average molecular weight is 422 g/mol. The minimum Gasteiger partial charge on any atom is -0.484 e. The lowest BCUT2D eigenvalue weighted by Gasteiger charge is -2.09. The standard InChI is InChI=1S/C23H23FN4O3/c1-2-25-21(29)14-31-18-6-3-5-16(13-18)26-23(30)22-19-7-4-8-20(19)28(27-22)17-11-9-15(24)10-12-17/h3,5-6,9-13H,2,4,7-8,14H2,1H3,(H,25,29)(H,26,30). The normalized spacial score (nSPS) is 12.3. The van der Waals surface area contributed by atoms with Gasteiger partial charge in [0.25, 0.3) is 11.8 Å². The van der Waals surface area contributed by atoms with E-state index in [0.717, 1.165) is 36.2 Å². The predicted octanol–water partition coefficient (Wildman–Crippen LogP) is 3.27. The average Bonchev–Trinajstić information content (AvgIpc) is 3.36. The molecule has 31 heavy (non-hydrogen) atoms. The van der Waals surface area contributed by atoms with Crippen molar-refractivity contribution in [3.05, 3.63) is 71.3 Å². The smallest absolute Gasteiger partial charge is 0.276 e. The van der Waals surface area contributed by atoms with Crippen molar-refractivity contribution in [1.29, 1.82) is 0 Å². The van der Waals surface area contributed by atoms with E-state index in [2.05, 4.69) is 15.7 Å². The first-order valence-corrected chi connectivity index (χ1v) is 10.2. The summed E-state index contributed by atoms with van der Waals surface area (Å²) in [6.07, 6.45) is 2.53. The van der Waals surface area contributed by atoms with Crippen molar-refractivity contribution in [2.24, 2.45) is 0 Å². The Balaban J connectivity index is 1.52. The Bertz CT molecular complexity index is 1110. The monoisotopic (exact) mass is 422 g/mol. The molecule has 0 atom stereocenters. The van der Waals surface area contributed by atoms with E-state index in [1.165, 1.54) is 12.1 Å². The van der Waals surface area contributed by atoms with Gasteiger partial charge in [-0.3, -0.25) is 9.59 Å². The summed E-state index contributed by atoms with van der Waals surface area (Å²) in [5, 5.41) is 10.0. The molecule has 1 aliphatic rings. The van der Waals surface area contributed by atoms with Crippen molar-refractivity contribution in [1.82, 2.24) is 15.1 Å². The second-order valence-corrected chi connectivity index (χ2v) is 7.24. The quantitative estimate of drug-likeness (QED) is 0.612. The molecule has 7 nitrogen and oxygen atoms in total. The molecule has 0 fully saturated rings. The van der Waals surface area contributed by atoms with Crippen LogP contribution in [0.3, 0.4) is 0 Å². The zero-order chi connectivity index (χ0) is 21.8. The van der Waals surface area contributed by atoms with Gasteiger partial charge in [0, 0.05) is 29.6 Å². The highest BCUT2D eigenvalue weighted by atomic mass is 19.1. The Morgan fingerprint density at radius 1 is 1.16 bits per heavy atom. The topological polar surface area (TPSA) is 85.2 Å². The fourth-order valence-corrected chi connectivity index (χ4v) is 3.67. The van der Waals surface area contributed by atoms with Gasteiger partial charge >= 0.3 is 0 Å². The number of nitrogens with one attached hydrogen (secondary N) is 2. The number of ether oxygens (including phenoxy) is 1. The summed E-state index contributed by atoms with van der Waals surface area (Å²) in [6.45, 7) is 2.27. The van der Waals surface area contributed by atoms with Gasteiger partial charge in [0.2, 0.25) is 0 Å². The summed E-state index contributed by atoms with van der Waals surface area (Å²) in [4.78, 5) is 24.6. The Hall–Kier alpha value is -3.68. The second kappa shape index (κ2) is 8.99. The fraction of sp³-hybridized carbons (Fsp3) is 0.261. The lowest BCUT2D eigenvalue weighted by atomic mass is 10.2. The molecule has 0 saturated carbocycles. The molecule has 0 unspecified atom stereocenters. The lowest BCUT2D eigenvalue weighted by Crippen LogP contribution is -2.28. The van der Waals surface area contributed by atoms with E-state index in [-0.39, 0.29) is 24.2 Å². The molecule has 0 spiro atoms. The Kier molecular flexibility index (Phi) is 5.97. The van der Waals surface area contributed by atoms with Crippen molar-refractivity contribution in [3.8, 4) is 11.4 Å². The highest BCUT2D eigenvalue weighted by Crippen LogP contribution is 2.28.